The Labute approximate surface area is 48.5 Å². The summed E-state index contributed by atoms with van der Waals surface area (Å²) in [4.78, 5) is 11.5. The lowest BCUT2D eigenvalue weighted by atomic mass is 10.3. The molecule has 0 aromatic heterocycles. The number of hydrogen-bond donors (Lipinski definition) is 1. The Morgan fingerprint density at radius 2 is 2.50 bits per heavy atom. The number of carbonyl (C=O) groups excluding carboxylic acids is 1. The number of rotatable bonds is 1. The Hall–Kier alpha value is -0.570. The van der Waals surface area contributed by atoms with Crippen LogP contribution in [0.1, 0.15) is 6.42 Å². The molecule has 3 heteroatoms. The van der Waals surface area contributed by atoms with Crippen LogP contribution >= 0.6 is 0 Å². The van der Waals surface area contributed by atoms with Crippen molar-refractivity contribution in [3.63, 3.8) is 0 Å². The van der Waals surface area contributed by atoms with Crippen LogP contribution in [0, 0.1) is 0 Å². The van der Waals surface area contributed by atoms with E-state index in [9.17, 15) is 4.79 Å². The molecular formula is C5H9N2O. The summed E-state index contributed by atoms with van der Waals surface area (Å²) < 4.78 is 0. The lowest BCUT2D eigenvalue weighted by Crippen LogP contribution is -2.25. The fourth-order valence-electron chi connectivity index (χ4n) is 0.870. The topological polar surface area (TPSA) is 46.3 Å². The van der Waals surface area contributed by atoms with E-state index in [1.165, 1.54) is 0 Å². The summed E-state index contributed by atoms with van der Waals surface area (Å²) in [6.07, 6.45) is 2.72. The standard InChI is InChI=1S/C5H9N2O/c6-5-1-2-7(3-5)4-8/h5H,1-3,6H2. The molecule has 1 fully saturated rings. The van der Waals surface area contributed by atoms with Crippen molar-refractivity contribution in [2.75, 3.05) is 13.1 Å². The normalized spacial score (nSPS) is 28.6. The Bertz CT molecular complexity index is 94.4. The van der Waals surface area contributed by atoms with E-state index >= 15 is 0 Å². The van der Waals surface area contributed by atoms with Crippen molar-refractivity contribution in [2.45, 2.75) is 12.5 Å². The minimum absolute atomic E-state index is 0.191. The third-order valence-corrected chi connectivity index (χ3v) is 1.35. The highest BCUT2D eigenvalue weighted by atomic mass is 16.1. The van der Waals surface area contributed by atoms with E-state index in [1.807, 2.05) is 0 Å². The summed E-state index contributed by atoms with van der Waals surface area (Å²) in [5, 5.41) is 0. The Morgan fingerprint density at radius 1 is 1.75 bits per heavy atom. The highest BCUT2D eigenvalue weighted by molar-refractivity contribution is 5.48. The van der Waals surface area contributed by atoms with E-state index in [-0.39, 0.29) is 6.04 Å². The molecule has 0 spiro atoms. The first-order chi connectivity index (χ1) is 3.83. The van der Waals surface area contributed by atoms with Gasteiger partial charge in [0, 0.05) is 19.1 Å². The molecule has 1 atom stereocenters. The molecule has 1 heterocycles. The van der Waals surface area contributed by atoms with Crippen molar-refractivity contribution in [1.82, 2.24) is 4.90 Å². The van der Waals surface area contributed by atoms with E-state index in [2.05, 4.69) is 0 Å². The van der Waals surface area contributed by atoms with Crippen molar-refractivity contribution < 1.29 is 4.79 Å². The van der Waals surface area contributed by atoms with E-state index in [1.54, 1.807) is 11.3 Å². The lowest BCUT2D eigenvalue weighted by molar-refractivity contribution is 0.436. The van der Waals surface area contributed by atoms with Gasteiger partial charge >= 0.3 is 6.41 Å². The van der Waals surface area contributed by atoms with Gasteiger partial charge in [-0.15, -0.1) is 0 Å². The molecule has 3 nitrogen and oxygen atoms in total. The van der Waals surface area contributed by atoms with Crippen LogP contribution in [0.5, 0.6) is 0 Å². The summed E-state index contributed by atoms with van der Waals surface area (Å²) in [7, 11) is 0. The van der Waals surface area contributed by atoms with E-state index in [4.69, 9.17) is 5.73 Å². The first-order valence-corrected chi connectivity index (χ1v) is 2.71. The summed E-state index contributed by atoms with van der Waals surface area (Å²) in [6.45, 7) is 1.47. The number of likely N-dealkylation sites (tertiary alicyclic amines) is 1. The molecule has 0 bridgehead atoms. The van der Waals surface area contributed by atoms with Crippen LogP contribution < -0.4 is 5.73 Å². The van der Waals surface area contributed by atoms with Crippen LogP contribution in [0.3, 0.4) is 0 Å². The summed E-state index contributed by atoms with van der Waals surface area (Å²) in [5.74, 6) is 0. The number of nitrogens with zero attached hydrogens (tertiary/aromatic N) is 1. The summed E-state index contributed by atoms with van der Waals surface area (Å²) >= 11 is 0. The van der Waals surface area contributed by atoms with Crippen molar-refractivity contribution in [1.29, 1.82) is 0 Å². The maximum Gasteiger partial charge on any atom is 0.312 e. The van der Waals surface area contributed by atoms with E-state index in [0.717, 1.165) is 13.0 Å². The second kappa shape index (κ2) is 2.13. The zero-order chi connectivity index (χ0) is 5.98. The first kappa shape index (κ1) is 5.56. The van der Waals surface area contributed by atoms with Gasteiger partial charge in [-0.05, 0) is 6.42 Å². The van der Waals surface area contributed by atoms with E-state index < -0.39 is 0 Å². The van der Waals surface area contributed by atoms with Gasteiger partial charge in [-0.2, -0.15) is 0 Å². The number of amides is 1. The molecule has 0 aliphatic carbocycles. The number of hydrogen-bond acceptors (Lipinski definition) is 2. The van der Waals surface area contributed by atoms with Gasteiger partial charge in [0.25, 0.3) is 0 Å². The van der Waals surface area contributed by atoms with Gasteiger partial charge in [0.1, 0.15) is 0 Å². The minimum atomic E-state index is 0.191. The highest BCUT2D eigenvalue weighted by Crippen LogP contribution is 2.02. The fourth-order valence-corrected chi connectivity index (χ4v) is 0.870. The average molecular weight is 113 g/mol. The molecule has 45 valence electrons. The second-order valence-corrected chi connectivity index (χ2v) is 2.09. The van der Waals surface area contributed by atoms with Crippen LogP contribution in [-0.2, 0) is 4.79 Å². The molecule has 0 aromatic rings. The smallest absolute Gasteiger partial charge is 0.312 e. The molecule has 0 saturated carbocycles. The SMILES string of the molecule is NC1CCN([C]=O)C1. The molecule has 1 saturated heterocycles. The molecule has 0 aromatic carbocycles. The van der Waals surface area contributed by atoms with Gasteiger partial charge in [0.05, 0.1) is 0 Å². The monoisotopic (exact) mass is 113 g/mol. The van der Waals surface area contributed by atoms with E-state index in [0.29, 0.717) is 6.54 Å². The van der Waals surface area contributed by atoms with Crippen LogP contribution in [0.15, 0.2) is 0 Å². The van der Waals surface area contributed by atoms with Crippen molar-refractivity contribution in [3.05, 3.63) is 0 Å². The summed E-state index contributed by atoms with van der Waals surface area (Å²) in [6, 6.07) is 0.191. The molecule has 1 amide bonds. The molecule has 8 heavy (non-hydrogen) atoms. The van der Waals surface area contributed by atoms with Crippen molar-refractivity contribution in [2.24, 2.45) is 5.73 Å². The second-order valence-electron chi connectivity index (χ2n) is 2.09. The molecule has 1 radical (unpaired) electrons. The Morgan fingerprint density at radius 3 is 2.75 bits per heavy atom. The zero-order valence-electron chi connectivity index (χ0n) is 4.63. The van der Waals surface area contributed by atoms with Gasteiger partial charge in [0.2, 0.25) is 0 Å². The molecule has 2 N–H and O–H groups in total. The van der Waals surface area contributed by atoms with Crippen molar-refractivity contribution in [3.8, 4) is 0 Å². The van der Waals surface area contributed by atoms with Gasteiger partial charge in [-0.3, -0.25) is 4.79 Å². The van der Waals surface area contributed by atoms with Crippen LogP contribution in [0.2, 0.25) is 0 Å². The predicted molar refractivity (Wildman–Crippen MR) is 29.9 cm³/mol. The van der Waals surface area contributed by atoms with Gasteiger partial charge < -0.3 is 10.6 Å². The Kier molecular flexibility index (Phi) is 1.48. The third kappa shape index (κ3) is 0.980. The number of nitrogens with two attached hydrogens (primary N) is 1. The van der Waals surface area contributed by atoms with Gasteiger partial charge in [-0.25, -0.2) is 0 Å². The van der Waals surface area contributed by atoms with Gasteiger partial charge in [0.15, 0.2) is 0 Å². The van der Waals surface area contributed by atoms with Crippen LogP contribution in [0.4, 0.5) is 0 Å². The molecule has 1 aliphatic rings. The molecular weight excluding hydrogens is 104 g/mol. The van der Waals surface area contributed by atoms with Crippen molar-refractivity contribution >= 4 is 6.41 Å². The maximum atomic E-state index is 9.90. The van der Waals surface area contributed by atoms with Crippen LogP contribution in [-0.4, -0.2) is 30.4 Å². The first-order valence-electron chi connectivity index (χ1n) is 2.71. The lowest BCUT2D eigenvalue weighted by Gasteiger charge is -2.03. The highest BCUT2D eigenvalue weighted by Gasteiger charge is 2.16. The average Bonchev–Trinajstić information content (AvgIpc) is 2.14. The predicted octanol–water partition coefficient (Wildman–Crippen LogP) is -0.913. The third-order valence-electron chi connectivity index (χ3n) is 1.35. The zero-order valence-corrected chi connectivity index (χ0v) is 4.63. The van der Waals surface area contributed by atoms with Gasteiger partial charge in [-0.1, -0.05) is 0 Å². The minimum Gasteiger partial charge on any atom is -0.333 e. The Balaban J connectivity index is 2.32. The maximum absolute atomic E-state index is 9.90. The molecule has 1 unspecified atom stereocenters. The largest absolute Gasteiger partial charge is 0.333 e. The fraction of sp³-hybridized carbons (Fsp3) is 0.800. The molecule has 1 rings (SSSR count). The quantitative estimate of drug-likeness (QED) is 0.478. The molecule has 1 aliphatic heterocycles. The van der Waals surface area contributed by atoms with Crippen LogP contribution in [0.25, 0.3) is 0 Å². The summed E-state index contributed by atoms with van der Waals surface area (Å²) in [5.41, 5.74) is 5.48.